The van der Waals surface area contributed by atoms with Crippen LogP contribution in [0.3, 0.4) is 0 Å². The van der Waals surface area contributed by atoms with E-state index in [1.165, 1.54) is 4.68 Å². The van der Waals surface area contributed by atoms with Crippen molar-refractivity contribution in [3.8, 4) is 11.4 Å². The second kappa shape index (κ2) is 8.24. The first-order valence-electron chi connectivity index (χ1n) is 7.90. The first-order chi connectivity index (χ1) is 13.0. The van der Waals surface area contributed by atoms with Crippen LogP contribution in [0, 0.1) is 6.92 Å². The van der Waals surface area contributed by atoms with Gasteiger partial charge in [0.05, 0.1) is 7.11 Å². The molecule has 10 heteroatoms. The number of benzene rings is 2. The van der Waals surface area contributed by atoms with Crippen LogP contribution in [-0.4, -0.2) is 33.3 Å². The normalized spacial score (nSPS) is 10.5. The highest BCUT2D eigenvalue weighted by Gasteiger charge is 2.12. The van der Waals surface area contributed by atoms with E-state index in [9.17, 15) is 4.79 Å². The average molecular weight is 407 g/mol. The first-order valence-corrected chi connectivity index (χ1v) is 8.65. The predicted molar refractivity (Wildman–Crippen MR) is 103 cm³/mol. The van der Waals surface area contributed by atoms with Gasteiger partial charge in [0, 0.05) is 22.3 Å². The smallest absolute Gasteiger partial charge is 0.319 e. The van der Waals surface area contributed by atoms with E-state index < -0.39 is 0 Å². The van der Waals surface area contributed by atoms with Gasteiger partial charge in [-0.15, -0.1) is 5.10 Å². The van der Waals surface area contributed by atoms with Gasteiger partial charge < -0.3 is 15.4 Å². The molecule has 0 radical (unpaired) electrons. The monoisotopic (exact) mass is 406 g/mol. The van der Waals surface area contributed by atoms with Crippen LogP contribution >= 0.6 is 23.2 Å². The van der Waals surface area contributed by atoms with Crippen molar-refractivity contribution in [1.29, 1.82) is 0 Å². The Morgan fingerprint density at radius 2 is 2.04 bits per heavy atom. The molecule has 2 amide bonds. The number of halogens is 2. The summed E-state index contributed by atoms with van der Waals surface area (Å²) in [4.78, 5) is 12.2. The molecular weight excluding hydrogens is 391 g/mol. The molecule has 8 nitrogen and oxygen atoms in total. The molecule has 27 heavy (non-hydrogen) atoms. The SMILES string of the molecule is COc1ccc(NC(=O)NCc2ccc(Cl)cc2Cl)cc1-n1nnnc1C. The number of hydrogen-bond donors (Lipinski definition) is 2. The van der Waals surface area contributed by atoms with Gasteiger partial charge in [0.15, 0.2) is 5.82 Å². The van der Waals surface area contributed by atoms with Gasteiger partial charge in [-0.2, -0.15) is 4.68 Å². The second-order valence-corrected chi connectivity index (χ2v) is 6.41. The Morgan fingerprint density at radius 1 is 1.22 bits per heavy atom. The molecule has 0 spiro atoms. The molecule has 2 aromatic carbocycles. The maximum absolute atomic E-state index is 12.2. The van der Waals surface area contributed by atoms with Crippen molar-refractivity contribution in [2.24, 2.45) is 0 Å². The largest absolute Gasteiger partial charge is 0.494 e. The molecule has 2 N–H and O–H groups in total. The Bertz CT molecular complexity index is 976. The van der Waals surface area contributed by atoms with Crippen LogP contribution in [0.25, 0.3) is 5.69 Å². The van der Waals surface area contributed by atoms with E-state index in [-0.39, 0.29) is 12.6 Å². The summed E-state index contributed by atoms with van der Waals surface area (Å²) in [6.45, 7) is 2.03. The predicted octanol–water partition coefficient (Wildman–Crippen LogP) is 3.61. The number of carbonyl (C=O) groups excluding carboxylic acids is 1. The van der Waals surface area contributed by atoms with Crippen LogP contribution < -0.4 is 15.4 Å². The third kappa shape index (κ3) is 4.47. The van der Waals surface area contributed by atoms with Crippen molar-refractivity contribution >= 4 is 34.9 Å². The number of tetrazole rings is 1. The zero-order valence-corrected chi connectivity index (χ0v) is 16.0. The minimum Gasteiger partial charge on any atom is -0.494 e. The molecule has 0 aliphatic heterocycles. The van der Waals surface area contributed by atoms with E-state index in [0.29, 0.717) is 33.0 Å². The number of anilines is 1. The molecule has 1 aromatic heterocycles. The molecule has 1 heterocycles. The van der Waals surface area contributed by atoms with Crippen LogP contribution in [-0.2, 0) is 6.54 Å². The molecule has 0 fully saturated rings. The van der Waals surface area contributed by atoms with Crippen molar-refractivity contribution in [2.45, 2.75) is 13.5 Å². The molecule has 3 aromatic rings. The van der Waals surface area contributed by atoms with E-state index in [1.807, 2.05) is 0 Å². The molecule has 3 rings (SSSR count). The number of aryl methyl sites for hydroxylation is 1. The van der Waals surface area contributed by atoms with Crippen molar-refractivity contribution in [3.63, 3.8) is 0 Å². The van der Waals surface area contributed by atoms with E-state index in [1.54, 1.807) is 50.4 Å². The van der Waals surface area contributed by atoms with Crippen molar-refractivity contribution in [1.82, 2.24) is 25.5 Å². The zero-order valence-electron chi connectivity index (χ0n) is 14.5. The molecule has 0 aliphatic carbocycles. The van der Waals surface area contributed by atoms with Gasteiger partial charge in [-0.05, 0) is 53.2 Å². The van der Waals surface area contributed by atoms with Gasteiger partial charge in [-0.25, -0.2) is 4.79 Å². The molecule has 0 bridgehead atoms. The lowest BCUT2D eigenvalue weighted by Crippen LogP contribution is -2.28. The Hall–Kier alpha value is -2.84. The number of nitrogens with zero attached hydrogens (tertiary/aromatic N) is 4. The van der Waals surface area contributed by atoms with Gasteiger partial charge in [-0.3, -0.25) is 0 Å². The summed E-state index contributed by atoms with van der Waals surface area (Å²) in [6.07, 6.45) is 0. The summed E-state index contributed by atoms with van der Waals surface area (Å²) in [5.74, 6) is 1.16. The van der Waals surface area contributed by atoms with Crippen molar-refractivity contribution in [3.05, 3.63) is 57.8 Å². The van der Waals surface area contributed by atoms with Crippen LogP contribution in [0.1, 0.15) is 11.4 Å². The summed E-state index contributed by atoms with van der Waals surface area (Å²) >= 11 is 12.0. The number of methoxy groups -OCH3 is 1. The lowest BCUT2D eigenvalue weighted by Gasteiger charge is -2.12. The average Bonchev–Trinajstić information content (AvgIpc) is 3.06. The third-order valence-electron chi connectivity index (χ3n) is 3.74. The Labute approximate surface area is 165 Å². The van der Waals surface area contributed by atoms with E-state index in [2.05, 4.69) is 26.2 Å². The number of nitrogens with one attached hydrogen (secondary N) is 2. The van der Waals surface area contributed by atoms with Crippen molar-refractivity contribution in [2.75, 3.05) is 12.4 Å². The minimum atomic E-state index is -0.384. The number of aromatic nitrogens is 4. The molecule has 0 aliphatic rings. The van der Waals surface area contributed by atoms with Gasteiger partial charge in [-0.1, -0.05) is 29.3 Å². The molecule has 140 valence electrons. The zero-order chi connectivity index (χ0) is 19.4. The van der Waals surface area contributed by atoms with Crippen LogP contribution in [0.4, 0.5) is 10.5 Å². The van der Waals surface area contributed by atoms with Crippen LogP contribution in [0.15, 0.2) is 36.4 Å². The standard InChI is InChI=1S/C17H16Cl2N6O2/c1-10-22-23-24-25(10)15-8-13(5-6-16(15)27-2)21-17(26)20-9-11-3-4-12(18)7-14(11)19/h3-8H,9H2,1-2H3,(H2,20,21,26). The highest BCUT2D eigenvalue weighted by Crippen LogP contribution is 2.26. The molecule has 0 atom stereocenters. The van der Waals surface area contributed by atoms with Gasteiger partial charge in [0.2, 0.25) is 0 Å². The summed E-state index contributed by atoms with van der Waals surface area (Å²) < 4.78 is 6.87. The molecule has 0 saturated heterocycles. The Morgan fingerprint density at radius 3 is 2.70 bits per heavy atom. The number of carbonyl (C=O) groups is 1. The minimum absolute atomic E-state index is 0.261. The topological polar surface area (TPSA) is 94.0 Å². The van der Waals surface area contributed by atoms with Gasteiger partial charge >= 0.3 is 6.03 Å². The summed E-state index contributed by atoms with van der Waals surface area (Å²) in [5.41, 5.74) is 1.93. The molecular formula is C17H16Cl2N6O2. The number of amides is 2. The van der Waals surface area contributed by atoms with E-state index >= 15 is 0 Å². The van der Waals surface area contributed by atoms with E-state index in [4.69, 9.17) is 27.9 Å². The van der Waals surface area contributed by atoms with Gasteiger partial charge in [0.25, 0.3) is 0 Å². The maximum atomic E-state index is 12.2. The lowest BCUT2D eigenvalue weighted by molar-refractivity contribution is 0.251. The van der Waals surface area contributed by atoms with Crippen LogP contribution in [0.5, 0.6) is 5.75 Å². The molecule has 0 unspecified atom stereocenters. The fraction of sp³-hybridized carbons (Fsp3) is 0.176. The summed E-state index contributed by atoms with van der Waals surface area (Å²) in [5, 5.41) is 18.0. The fourth-order valence-electron chi connectivity index (χ4n) is 2.40. The Balaban J connectivity index is 1.71. The number of hydrogen-bond acceptors (Lipinski definition) is 5. The number of urea groups is 1. The number of rotatable bonds is 5. The van der Waals surface area contributed by atoms with Crippen molar-refractivity contribution < 1.29 is 9.53 Å². The highest BCUT2D eigenvalue weighted by atomic mass is 35.5. The first kappa shape index (κ1) is 18.9. The third-order valence-corrected chi connectivity index (χ3v) is 4.33. The quantitative estimate of drug-likeness (QED) is 0.674. The summed E-state index contributed by atoms with van der Waals surface area (Å²) in [7, 11) is 1.55. The lowest BCUT2D eigenvalue weighted by atomic mass is 10.2. The maximum Gasteiger partial charge on any atom is 0.319 e. The summed E-state index contributed by atoms with van der Waals surface area (Å²) in [6, 6.07) is 9.88. The highest BCUT2D eigenvalue weighted by molar-refractivity contribution is 6.35. The Kier molecular flexibility index (Phi) is 5.78. The van der Waals surface area contributed by atoms with E-state index in [0.717, 1.165) is 5.56 Å². The van der Waals surface area contributed by atoms with Crippen LogP contribution in [0.2, 0.25) is 10.0 Å². The van der Waals surface area contributed by atoms with Gasteiger partial charge in [0.1, 0.15) is 11.4 Å². The second-order valence-electron chi connectivity index (χ2n) is 5.57. The fourth-order valence-corrected chi connectivity index (χ4v) is 2.88. The number of ether oxygens (including phenoxy) is 1. The molecule has 0 saturated carbocycles.